The lowest BCUT2D eigenvalue weighted by molar-refractivity contribution is -0.313. The fourth-order valence-electron chi connectivity index (χ4n) is 9.58. The molecule has 0 bridgehead atoms. The summed E-state index contributed by atoms with van der Waals surface area (Å²) in [6, 6.07) is 70.3. The molecule has 0 aliphatic carbocycles. The minimum absolute atomic E-state index is 0.135. The molecule has 2 heterocycles. The number of benzene rings is 8. The molecule has 0 N–H and O–H groups in total. The molecular formula is C68H62O14S. The topological polar surface area (TPSA) is 161 Å². The number of thioether (sulfide) groups is 1. The van der Waals surface area contributed by atoms with Gasteiger partial charge in [-0.15, -0.1) is 0 Å². The SMILES string of the molecule is Cc1ccc(S[C@@H]2O[C@H](CO[C@@H]3O[C@H](COC(=O)c4ccccc4)[C@@H](OC(=O)c4ccccc4)[C@H](OC(=O)c4ccccc4)[C@H]3OC(=O)c3ccccc3)[C@@H](OCc3ccccc3)[C@H](OCc3ccccc3)[C@H]2OCc2ccccc2)cc1. The van der Waals surface area contributed by atoms with Gasteiger partial charge in [-0.25, -0.2) is 19.2 Å². The first kappa shape index (κ1) is 58.0. The first-order valence-electron chi connectivity index (χ1n) is 27.3. The molecule has 2 aliphatic heterocycles. The zero-order chi connectivity index (χ0) is 57.2. The van der Waals surface area contributed by atoms with E-state index in [2.05, 4.69) is 0 Å². The molecule has 10 atom stereocenters. The van der Waals surface area contributed by atoms with Crippen LogP contribution in [-0.2, 0) is 67.2 Å². The Balaban J connectivity index is 1.06. The molecule has 424 valence electrons. The van der Waals surface area contributed by atoms with Gasteiger partial charge in [0.05, 0.1) is 48.7 Å². The number of hydrogen-bond acceptors (Lipinski definition) is 15. The van der Waals surface area contributed by atoms with Crippen LogP contribution in [0, 0.1) is 6.92 Å². The van der Waals surface area contributed by atoms with Crippen molar-refractivity contribution in [2.75, 3.05) is 13.2 Å². The van der Waals surface area contributed by atoms with Gasteiger partial charge >= 0.3 is 23.9 Å². The molecule has 2 aliphatic rings. The van der Waals surface area contributed by atoms with Crippen molar-refractivity contribution in [2.45, 2.75) is 92.2 Å². The second-order valence-electron chi connectivity index (χ2n) is 19.8. The predicted octanol–water partition coefficient (Wildman–Crippen LogP) is 11.8. The Kier molecular flexibility index (Phi) is 20.3. The fraction of sp³-hybridized carbons (Fsp3) is 0.235. The van der Waals surface area contributed by atoms with Crippen LogP contribution in [-0.4, -0.2) is 97.6 Å². The third-order valence-electron chi connectivity index (χ3n) is 13.9. The lowest BCUT2D eigenvalue weighted by atomic mass is 9.97. The third kappa shape index (κ3) is 15.9. The van der Waals surface area contributed by atoms with Crippen molar-refractivity contribution in [2.24, 2.45) is 0 Å². The molecule has 10 rings (SSSR count). The maximum Gasteiger partial charge on any atom is 0.338 e. The average molecular weight is 1140 g/mol. The van der Waals surface area contributed by atoms with Gasteiger partial charge in [0.15, 0.2) is 24.6 Å². The van der Waals surface area contributed by atoms with Gasteiger partial charge in [-0.1, -0.05) is 193 Å². The van der Waals surface area contributed by atoms with Crippen LogP contribution in [0.1, 0.15) is 63.7 Å². The van der Waals surface area contributed by atoms with E-state index in [1.807, 2.05) is 122 Å². The maximum atomic E-state index is 14.5. The summed E-state index contributed by atoms with van der Waals surface area (Å²) in [6.07, 6.45) is -11.4. The van der Waals surface area contributed by atoms with E-state index < -0.39 is 91.0 Å². The van der Waals surface area contributed by atoms with Gasteiger partial charge in [-0.05, 0) is 84.3 Å². The number of hydrogen-bond donors (Lipinski definition) is 0. The largest absolute Gasteiger partial charge is 0.459 e. The van der Waals surface area contributed by atoms with Crippen LogP contribution < -0.4 is 0 Å². The van der Waals surface area contributed by atoms with E-state index >= 15 is 0 Å². The quantitative estimate of drug-likeness (QED) is 0.0439. The van der Waals surface area contributed by atoms with Gasteiger partial charge in [0.1, 0.15) is 42.6 Å². The predicted molar refractivity (Wildman–Crippen MR) is 309 cm³/mol. The van der Waals surface area contributed by atoms with E-state index in [0.717, 1.165) is 27.1 Å². The van der Waals surface area contributed by atoms with Crippen molar-refractivity contribution in [1.82, 2.24) is 0 Å². The molecule has 0 radical (unpaired) electrons. The summed E-state index contributed by atoms with van der Waals surface area (Å²) in [4.78, 5) is 57.9. The Bertz CT molecular complexity index is 3290. The summed E-state index contributed by atoms with van der Waals surface area (Å²) >= 11 is 1.45. The Morgan fingerprint density at radius 3 is 1.19 bits per heavy atom. The van der Waals surface area contributed by atoms with Crippen molar-refractivity contribution in [3.63, 3.8) is 0 Å². The number of esters is 4. The maximum absolute atomic E-state index is 14.5. The molecule has 0 aromatic heterocycles. The fourth-order valence-corrected chi connectivity index (χ4v) is 10.7. The van der Waals surface area contributed by atoms with Crippen LogP contribution >= 0.6 is 11.8 Å². The summed E-state index contributed by atoms with van der Waals surface area (Å²) in [7, 11) is 0. The highest BCUT2D eigenvalue weighted by atomic mass is 32.2. The molecule has 0 amide bonds. The van der Waals surface area contributed by atoms with E-state index in [4.69, 9.17) is 47.4 Å². The van der Waals surface area contributed by atoms with Gasteiger partial charge < -0.3 is 47.4 Å². The normalized spacial score (nSPS) is 22.1. The molecule has 0 unspecified atom stereocenters. The molecule has 0 saturated carbocycles. The second kappa shape index (κ2) is 29.1. The number of aryl methyl sites for hydroxylation is 1. The summed E-state index contributed by atoms with van der Waals surface area (Å²) < 4.78 is 67.0. The Labute approximate surface area is 486 Å². The van der Waals surface area contributed by atoms with Crippen LogP contribution in [0.25, 0.3) is 0 Å². The van der Waals surface area contributed by atoms with Crippen molar-refractivity contribution < 1.29 is 66.5 Å². The van der Waals surface area contributed by atoms with Gasteiger partial charge in [-0.2, -0.15) is 0 Å². The van der Waals surface area contributed by atoms with Crippen molar-refractivity contribution in [3.8, 4) is 0 Å². The van der Waals surface area contributed by atoms with Crippen LogP contribution in [0.4, 0.5) is 0 Å². The molecule has 8 aromatic carbocycles. The molecule has 2 saturated heterocycles. The Morgan fingerprint density at radius 1 is 0.361 bits per heavy atom. The van der Waals surface area contributed by atoms with Crippen molar-refractivity contribution >= 4 is 35.6 Å². The molecule has 15 heteroatoms. The molecule has 8 aromatic rings. The van der Waals surface area contributed by atoms with Gasteiger partial charge in [0, 0.05) is 4.90 Å². The number of rotatable bonds is 23. The average Bonchev–Trinajstić information content (AvgIpc) is 3.61. The molecular weight excluding hydrogens is 1070 g/mol. The van der Waals surface area contributed by atoms with Gasteiger partial charge in [0.2, 0.25) is 0 Å². The van der Waals surface area contributed by atoms with Gasteiger partial charge in [0.25, 0.3) is 0 Å². The Hall–Kier alpha value is -8.25. The van der Waals surface area contributed by atoms with E-state index in [1.54, 1.807) is 121 Å². The van der Waals surface area contributed by atoms with Gasteiger partial charge in [-0.3, -0.25) is 0 Å². The van der Waals surface area contributed by atoms with E-state index in [0.29, 0.717) is 0 Å². The summed E-state index contributed by atoms with van der Waals surface area (Å²) in [5.41, 5.74) is 3.73. The molecule has 0 spiro atoms. The van der Waals surface area contributed by atoms with Crippen LogP contribution in [0.2, 0.25) is 0 Å². The standard InChI is InChI=1S/C68H62O14S/c1-46-37-39-54(40-38-46)83-68-62(75-43-49-27-13-4-14-28-49)59(74-42-48-25-11-3-12-26-48)57(73-41-47-23-9-2-10-24-47)55(79-68)45-77-67-61(82-66(72)53-35-21-8-22-36-53)60(81-65(71)52-33-19-7-20-34-52)58(80-64(70)51-31-17-6-18-32-51)56(78-67)44-76-63(69)50-29-15-5-16-30-50/h2-40,55-62,67-68H,41-45H2,1H3/t55-,56-,57-,58-,59+,60+,61-,62-,67-,68+/m1/s1. The zero-order valence-corrected chi connectivity index (χ0v) is 46.3. The first-order chi connectivity index (χ1) is 40.7. The molecule has 2 fully saturated rings. The van der Waals surface area contributed by atoms with E-state index in [1.165, 1.54) is 11.8 Å². The summed E-state index contributed by atoms with van der Waals surface area (Å²) in [5, 5.41) is 0. The Morgan fingerprint density at radius 2 is 0.735 bits per heavy atom. The highest BCUT2D eigenvalue weighted by molar-refractivity contribution is 7.99. The highest BCUT2D eigenvalue weighted by Gasteiger charge is 2.55. The summed E-state index contributed by atoms with van der Waals surface area (Å²) in [5.74, 6) is -3.23. The third-order valence-corrected chi connectivity index (χ3v) is 15.0. The first-order valence-corrected chi connectivity index (χ1v) is 28.2. The minimum atomic E-state index is -1.66. The number of carbonyl (C=O) groups is 4. The smallest absolute Gasteiger partial charge is 0.338 e. The van der Waals surface area contributed by atoms with Crippen LogP contribution in [0.3, 0.4) is 0 Å². The second-order valence-corrected chi connectivity index (χ2v) is 21.0. The number of ether oxygens (including phenoxy) is 10. The molecule has 83 heavy (non-hydrogen) atoms. The van der Waals surface area contributed by atoms with E-state index in [9.17, 15) is 19.2 Å². The monoisotopic (exact) mass is 1130 g/mol. The van der Waals surface area contributed by atoms with Crippen LogP contribution in [0.5, 0.6) is 0 Å². The summed E-state index contributed by atoms with van der Waals surface area (Å²) in [6.45, 7) is 1.68. The van der Waals surface area contributed by atoms with E-state index in [-0.39, 0.29) is 48.7 Å². The zero-order valence-electron chi connectivity index (χ0n) is 45.4. The lowest BCUT2D eigenvalue weighted by Gasteiger charge is -2.47. The highest BCUT2D eigenvalue weighted by Crippen LogP contribution is 2.40. The molecule has 14 nitrogen and oxygen atoms in total. The van der Waals surface area contributed by atoms with Crippen LogP contribution in [0.15, 0.2) is 241 Å². The van der Waals surface area contributed by atoms with Crippen molar-refractivity contribution in [3.05, 3.63) is 281 Å². The number of carbonyl (C=O) groups excluding carboxylic acids is 4. The minimum Gasteiger partial charge on any atom is -0.459 e. The van der Waals surface area contributed by atoms with Crippen molar-refractivity contribution in [1.29, 1.82) is 0 Å². The lowest BCUT2D eigenvalue weighted by Crippen LogP contribution is -2.64.